The largest absolute Gasteiger partial charge is 0.388 e. The molecule has 5 heteroatoms. The summed E-state index contributed by atoms with van der Waals surface area (Å²) >= 11 is 12.1. The zero-order valence-electron chi connectivity index (χ0n) is 11.9. The van der Waals surface area contributed by atoms with Crippen LogP contribution in [0.2, 0.25) is 10.0 Å². The molecule has 0 bridgehead atoms. The maximum Gasteiger partial charge on any atom is 0.0821 e. The first-order chi connectivity index (χ1) is 10.1. The van der Waals surface area contributed by atoms with Gasteiger partial charge in [-0.25, -0.2) is 0 Å². The molecule has 3 nitrogen and oxygen atoms in total. The van der Waals surface area contributed by atoms with E-state index >= 15 is 0 Å². The van der Waals surface area contributed by atoms with Crippen LogP contribution in [0.25, 0.3) is 0 Å². The lowest BCUT2D eigenvalue weighted by Crippen LogP contribution is -2.45. The Balaban J connectivity index is 1.76. The summed E-state index contributed by atoms with van der Waals surface area (Å²) in [6.07, 6.45) is 2.99. The summed E-state index contributed by atoms with van der Waals surface area (Å²) in [5.41, 5.74) is 0.673. The van der Waals surface area contributed by atoms with Crippen molar-refractivity contribution in [2.75, 3.05) is 19.8 Å². The molecule has 2 saturated heterocycles. The quantitative estimate of drug-likeness (QED) is 0.890. The van der Waals surface area contributed by atoms with Crippen molar-refractivity contribution < 1.29 is 14.6 Å². The van der Waals surface area contributed by atoms with E-state index in [4.69, 9.17) is 32.7 Å². The summed E-state index contributed by atoms with van der Waals surface area (Å²) in [6, 6.07) is 5.28. The van der Waals surface area contributed by atoms with Gasteiger partial charge in [-0.1, -0.05) is 23.2 Å². The Hall–Kier alpha value is -0.320. The van der Waals surface area contributed by atoms with E-state index in [1.165, 1.54) is 0 Å². The van der Waals surface area contributed by atoms with Crippen LogP contribution in [-0.2, 0) is 9.47 Å². The van der Waals surface area contributed by atoms with E-state index in [2.05, 4.69) is 0 Å². The fraction of sp³-hybridized carbons (Fsp3) is 0.625. The van der Waals surface area contributed by atoms with E-state index in [1.807, 2.05) is 0 Å². The van der Waals surface area contributed by atoms with Crippen LogP contribution in [0.5, 0.6) is 0 Å². The van der Waals surface area contributed by atoms with Gasteiger partial charge in [0.25, 0.3) is 0 Å². The van der Waals surface area contributed by atoms with Crippen molar-refractivity contribution in [2.45, 2.75) is 37.4 Å². The molecule has 21 heavy (non-hydrogen) atoms. The number of aliphatic hydroxyl groups is 1. The minimum atomic E-state index is -0.551. The molecule has 0 amide bonds. The van der Waals surface area contributed by atoms with Crippen LogP contribution < -0.4 is 0 Å². The topological polar surface area (TPSA) is 38.7 Å². The lowest BCUT2D eigenvalue weighted by Gasteiger charge is -2.44. The number of hydrogen-bond acceptors (Lipinski definition) is 3. The third-order valence-electron chi connectivity index (χ3n) is 4.61. The first-order valence-electron chi connectivity index (χ1n) is 7.44. The Kier molecular flexibility index (Phi) is 4.77. The summed E-state index contributed by atoms with van der Waals surface area (Å²) in [7, 11) is 0. The van der Waals surface area contributed by atoms with Gasteiger partial charge in [0.15, 0.2) is 0 Å². The standard InChI is InChI=1S/C16H20Cl2O3/c17-13-7-12(8-14(18)9-13)15(19)11-1-4-21-16(10-11)2-5-20-6-3-16/h7-9,11,15,19H,1-6,10H2. The number of rotatable bonds is 2. The zero-order valence-corrected chi connectivity index (χ0v) is 13.4. The molecule has 2 heterocycles. The maximum atomic E-state index is 10.7. The van der Waals surface area contributed by atoms with Gasteiger partial charge in [0.2, 0.25) is 0 Å². The molecule has 0 radical (unpaired) electrons. The highest BCUT2D eigenvalue weighted by Gasteiger charge is 2.41. The molecule has 0 aromatic heterocycles. The van der Waals surface area contributed by atoms with Gasteiger partial charge < -0.3 is 14.6 Å². The van der Waals surface area contributed by atoms with E-state index in [1.54, 1.807) is 18.2 Å². The van der Waals surface area contributed by atoms with E-state index in [0.29, 0.717) is 16.7 Å². The van der Waals surface area contributed by atoms with Crippen molar-refractivity contribution in [3.05, 3.63) is 33.8 Å². The molecule has 1 N–H and O–H groups in total. The van der Waals surface area contributed by atoms with Crippen molar-refractivity contribution in [3.63, 3.8) is 0 Å². The predicted molar refractivity (Wildman–Crippen MR) is 82.9 cm³/mol. The molecule has 116 valence electrons. The van der Waals surface area contributed by atoms with Crippen molar-refractivity contribution in [3.8, 4) is 0 Å². The Morgan fingerprint density at radius 3 is 2.43 bits per heavy atom. The third-order valence-corrected chi connectivity index (χ3v) is 5.04. The first kappa shape index (κ1) is 15.6. The maximum absolute atomic E-state index is 10.7. The molecule has 2 fully saturated rings. The molecule has 1 aromatic carbocycles. The summed E-state index contributed by atoms with van der Waals surface area (Å²) in [5, 5.41) is 11.8. The van der Waals surface area contributed by atoms with Crippen LogP contribution in [0.4, 0.5) is 0 Å². The average molecular weight is 331 g/mol. The van der Waals surface area contributed by atoms with Crippen molar-refractivity contribution in [2.24, 2.45) is 5.92 Å². The molecule has 0 saturated carbocycles. The molecular weight excluding hydrogens is 311 g/mol. The highest BCUT2D eigenvalue weighted by molar-refractivity contribution is 6.34. The van der Waals surface area contributed by atoms with Gasteiger partial charge in [-0.05, 0) is 55.4 Å². The number of ether oxygens (including phenoxy) is 2. The van der Waals surface area contributed by atoms with Gasteiger partial charge in [0.1, 0.15) is 0 Å². The van der Waals surface area contributed by atoms with Crippen LogP contribution in [-0.4, -0.2) is 30.5 Å². The van der Waals surface area contributed by atoms with Gasteiger partial charge >= 0.3 is 0 Å². The molecule has 0 aliphatic carbocycles. The predicted octanol–water partition coefficient (Wildman–Crippen LogP) is 4.00. The minimum Gasteiger partial charge on any atom is -0.388 e. The second kappa shape index (κ2) is 6.43. The number of aliphatic hydroxyl groups excluding tert-OH is 1. The summed E-state index contributed by atoms with van der Waals surface area (Å²) < 4.78 is 11.5. The normalized spacial score (nSPS) is 26.7. The zero-order chi connectivity index (χ0) is 14.9. The van der Waals surface area contributed by atoms with Crippen LogP contribution in [0, 0.1) is 5.92 Å². The molecule has 2 unspecified atom stereocenters. The molecular formula is C16H20Cl2O3. The Morgan fingerprint density at radius 1 is 1.10 bits per heavy atom. The SMILES string of the molecule is OC(c1cc(Cl)cc(Cl)c1)C1CCOC2(CCOCC2)C1. The number of hydrogen-bond donors (Lipinski definition) is 1. The third kappa shape index (κ3) is 3.54. The van der Waals surface area contributed by atoms with Crippen molar-refractivity contribution >= 4 is 23.2 Å². The molecule has 1 aromatic rings. The minimum absolute atomic E-state index is 0.121. The monoisotopic (exact) mass is 330 g/mol. The smallest absolute Gasteiger partial charge is 0.0821 e. The number of benzene rings is 1. The van der Waals surface area contributed by atoms with Gasteiger partial charge in [0.05, 0.1) is 11.7 Å². The van der Waals surface area contributed by atoms with Gasteiger partial charge in [-0.15, -0.1) is 0 Å². The van der Waals surface area contributed by atoms with Crippen LogP contribution in [0.15, 0.2) is 18.2 Å². The van der Waals surface area contributed by atoms with E-state index in [9.17, 15) is 5.11 Å². The fourth-order valence-electron chi connectivity index (χ4n) is 3.45. The Morgan fingerprint density at radius 2 is 1.76 bits per heavy atom. The van der Waals surface area contributed by atoms with E-state index < -0.39 is 6.10 Å². The van der Waals surface area contributed by atoms with Crippen molar-refractivity contribution in [1.29, 1.82) is 0 Å². The Bertz CT molecular complexity index is 475. The van der Waals surface area contributed by atoms with Gasteiger partial charge in [-0.2, -0.15) is 0 Å². The second-order valence-electron chi connectivity index (χ2n) is 6.04. The van der Waals surface area contributed by atoms with Crippen LogP contribution in [0.1, 0.15) is 37.4 Å². The molecule has 2 aliphatic heterocycles. The van der Waals surface area contributed by atoms with Gasteiger partial charge in [0, 0.05) is 29.9 Å². The van der Waals surface area contributed by atoms with Crippen LogP contribution in [0.3, 0.4) is 0 Å². The average Bonchev–Trinajstić information content (AvgIpc) is 2.46. The summed E-state index contributed by atoms with van der Waals surface area (Å²) in [5.74, 6) is 0.173. The highest BCUT2D eigenvalue weighted by atomic mass is 35.5. The number of halogens is 2. The second-order valence-corrected chi connectivity index (χ2v) is 6.92. The van der Waals surface area contributed by atoms with E-state index in [-0.39, 0.29) is 11.5 Å². The summed E-state index contributed by atoms with van der Waals surface area (Å²) in [6.45, 7) is 2.17. The summed E-state index contributed by atoms with van der Waals surface area (Å²) in [4.78, 5) is 0. The lowest BCUT2D eigenvalue weighted by atomic mass is 9.77. The van der Waals surface area contributed by atoms with E-state index in [0.717, 1.165) is 44.5 Å². The molecule has 1 spiro atoms. The fourth-order valence-corrected chi connectivity index (χ4v) is 3.99. The first-order valence-corrected chi connectivity index (χ1v) is 8.19. The molecule has 3 rings (SSSR count). The molecule has 2 aliphatic rings. The molecule has 2 atom stereocenters. The van der Waals surface area contributed by atoms with Crippen molar-refractivity contribution in [1.82, 2.24) is 0 Å². The Labute approximate surface area is 135 Å². The van der Waals surface area contributed by atoms with Gasteiger partial charge in [-0.3, -0.25) is 0 Å². The lowest BCUT2D eigenvalue weighted by molar-refractivity contribution is -0.159. The van der Waals surface area contributed by atoms with Crippen LogP contribution >= 0.6 is 23.2 Å². The highest BCUT2D eigenvalue weighted by Crippen LogP contribution is 2.42.